The van der Waals surface area contributed by atoms with E-state index in [2.05, 4.69) is 21.0 Å². The summed E-state index contributed by atoms with van der Waals surface area (Å²) in [7, 11) is -1.50. The summed E-state index contributed by atoms with van der Waals surface area (Å²) in [6, 6.07) is 14.5. The first-order valence-corrected chi connectivity index (χ1v) is 8.81. The van der Waals surface area contributed by atoms with Crippen LogP contribution in [0, 0.1) is 0 Å². The SMILES string of the molecule is COc1ccccc1O[P@](C)(=O)Nc1cccc(Br)c1. The molecule has 2 rings (SSSR count). The topological polar surface area (TPSA) is 47.6 Å². The summed E-state index contributed by atoms with van der Waals surface area (Å²) >= 11 is 3.37. The van der Waals surface area contributed by atoms with E-state index in [1.54, 1.807) is 25.3 Å². The summed E-state index contributed by atoms with van der Waals surface area (Å²) in [6.45, 7) is 1.53. The Morgan fingerprint density at radius 2 is 1.80 bits per heavy atom. The Kier molecular flexibility index (Phi) is 4.73. The molecule has 0 heterocycles. The molecule has 0 saturated heterocycles. The molecule has 20 heavy (non-hydrogen) atoms. The van der Waals surface area contributed by atoms with Gasteiger partial charge < -0.3 is 14.3 Å². The number of benzene rings is 2. The maximum Gasteiger partial charge on any atom is 0.338 e. The van der Waals surface area contributed by atoms with Crippen LogP contribution in [-0.2, 0) is 4.57 Å². The van der Waals surface area contributed by atoms with Crippen LogP contribution in [-0.4, -0.2) is 13.8 Å². The second-order valence-corrected chi connectivity index (χ2v) is 7.22. The standard InChI is InChI=1S/C14H15BrNO3P/c1-18-13-8-3-4-9-14(13)19-20(2,17)16-12-7-5-6-11(15)10-12/h3-10H,1-2H3,(H,16,17)/t20-/m0/s1. The number of rotatable bonds is 5. The number of methoxy groups -OCH3 is 1. The van der Waals surface area contributed by atoms with E-state index in [4.69, 9.17) is 9.26 Å². The number of hydrogen-bond donors (Lipinski definition) is 1. The highest BCUT2D eigenvalue weighted by atomic mass is 79.9. The van der Waals surface area contributed by atoms with Gasteiger partial charge in [0.2, 0.25) is 0 Å². The quantitative estimate of drug-likeness (QED) is 0.784. The van der Waals surface area contributed by atoms with Crippen molar-refractivity contribution in [2.75, 3.05) is 18.9 Å². The van der Waals surface area contributed by atoms with Crippen molar-refractivity contribution < 1.29 is 13.8 Å². The van der Waals surface area contributed by atoms with Crippen molar-refractivity contribution in [1.29, 1.82) is 0 Å². The summed E-state index contributed by atoms with van der Waals surface area (Å²) in [5.41, 5.74) is 0.722. The van der Waals surface area contributed by atoms with E-state index in [0.29, 0.717) is 11.5 Å². The zero-order chi connectivity index (χ0) is 14.6. The third-order valence-electron chi connectivity index (χ3n) is 2.50. The van der Waals surface area contributed by atoms with E-state index in [0.717, 1.165) is 10.2 Å². The normalized spacial score (nSPS) is 13.3. The summed E-state index contributed by atoms with van der Waals surface area (Å²) in [6.07, 6.45) is 0. The molecule has 0 aromatic heterocycles. The molecule has 0 amide bonds. The van der Waals surface area contributed by atoms with Crippen molar-refractivity contribution in [3.8, 4) is 11.5 Å². The highest BCUT2D eigenvalue weighted by molar-refractivity contribution is 9.10. The molecule has 2 aromatic carbocycles. The first-order chi connectivity index (χ1) is 9.50. The summed E-state index contributed by atoms with van der Waals surface area (Å²) in [5.74, 6) is 0.994. The molecule has 0 aliphatic carbocycles. The van der Waals surface area contributed by atoms with Crippen molar-refractivity contribution in [1.82, 2.24) is 0 Å². The minimum Gasteiger partial charge on any atom is -0.493 e. The Morgan fingerprint density at radius 1 is 1.10 bits per heavy atom. The Labute approximate surface area is 126 Å². The smallest absolute Gasteiger partial charge is 0.338 e. The van der Waals surface area contributed by atoms with Gasteiger partial charge in [-0.05, 0) is 30.3 Å². The molecule has 2 aromatic rings. The maximum absolute atomic E-state index is 12.5. The molecule has 0 spiro atoms. The zero-order valence-corrected chi connectivity index (χ0v) is 13.6. The van der Waals surface area contributed by atoms with Gasteiger partial charge in [0.25, 0.3) is 0 Å². The van der Waals surface area contributed by atoms with Crippen LogP contribution in [0.3, 0.4) is 0 Å². The minimum absolute atomic E-state index is 0.448. The average molecular weight is 356 g/mol. The molecule has 0 saturated carbocycles. The molecule has 1 atom stereocenters. The molecule has 106 valence electrons. The molecule has 6 heteroatoms. The molecule has 1 N–H and O–H groups in total. The Morgan fingerprint density at radius 3 is 2.45 bits per heavy atom. The lowest BCUT2D eigenvalue weighted by atomic mass is 10.3. The molecule has 0 bridgehead atoms. The van der Waals surface area contributed by atoms with Crippen LogP contribution < -0.4 is 14.3 Å². The number of para-hydroxylation sites is 2. The average Bonchev–Trinajstić information content (AvgIpc) is 2.38. The lowest BCUT2D eigenvalue weighted by Crippen LogP contribution is -2.03. The summed E-state index contributed by atoms with van der Waals surface area (Å²) in [4.78, 5) is 0. The van der Waals surface area contributed by atoms with Gasteiger partial charge in [-0.25, -0.2) is 0 Å². The van der Waals surface area contributed by atoms with Crippen molar-refractivity contribution in [2.24, 2.45) is 0 Å². The molecule has 0 radical (unpaired) electrons. The second kappa shape index (κ2) is 6.33. The minimum atomic E-state index is -3.05. The van der Waals surface area contributed by atoms with Gasteiger partial charge in [0, 0.05) is 16.8 Å². The van der Waals surface area contributed by atoms with Gasteiger partial charge in [-0.2, -0.15) is 0 Å². The third-order valence-corrected chi connectivity index (χ3v) is 4.20. The van der Waals surface area contributed by atoms with Gasteiger partial charge in [0.05, 0.1) is 7.11 Å². The number of anilines is 1. The van der Waals surface area contributed by atoms with Gasteiger partial charge in [-0.3, -0.25) is 4.57 Å². The summed E-state index contributed by atoms with van der Waals surface area (Å²) in [5, 5.41) is 2.91. The van der Waals surface area contributed by atoms with Crippen molar-refractivity contribution in [3.63, 3.8) is 0 Å². The number of ether oxygens (including phenoxy) is 1. The number of halogens is 1. The van der Waals surface area contributed by atoms with Gasteiger partial charge in [-0.15, -0.1) is 0 Å². The first kappa shape index (κ1) is 14.9. The third kappa shape index (κ3) is 4.02. The van der Waals surface area contributed by atoms with Crippen LogP contribution in [0.1, 0.15) is 0 Å². The largest absolute Gasteiger partial charge is 0.493 e. The van der Waals surface area contributed by atoms with Crippen molar-refractivity contribution >= 4 is 29.1 Å². The fraction of sp³-hybridized carbons (Fsp3) is 0.143. The lowest BCUT2D eigenvalue weighted by Gasteiger charge is -2.19. The van der Waals surface area contributed by atoms with E-state index < -0.39 is 7.52 Å². The van der Waals surface area contributed by atoms with Crippen molar-refractivity contribution in [3.05, 3.63) is 53.0 Å². The predicted octanol–water partition coefficient (Wildman–Crippen LogP) is 4.77. The van der Waals surface area contributed by atoms with E-state index in [1.807, 2.05) is 30.3 Å². The molecule has 0 fully saturated rings. The van der Waals surface area contributed by atoms with Crippen LogP contribution in [0.15, 0.2) is 53.0 Å². The number of hydrogen-bond acceptors (Lipinski definition) is 3. The predicted molar refractivity (Wildman–Crippen MR) is 84.9 cm³/mol. The summed E-state index contributed by atoms with van der Waals surface area (Å²) < 4.78 is 24.2. The Bertz CT molecular complexity index is 648. The molecule has 0 unspecified atom stereocenters. The highest BCUT2D eigenvalue weighted by Crippen LogP contribution is 2.46. The van der Waals surface area contributed by atoms with Crippen LogP contribution in [0.25, 0.3) is 0 Å². The molecule has 0 aliphatic rings. The maximum atomic E-state index is 12.5. The fourth-order valence-corrected chi connectivity index (χ4v) is 3.28. The van der Waals surface area contributed by atoms with Crippen LogP contribution in [0.2, 0.25) is 0 Å². The zero-order valence-electron chi connectivity index (χ0n) is 11.2. The van der Waals surface area contributed by atoms with Crippen LogP contribution in [0.5, 0.6) is 11.5 Å². The van der Waals surface area contributed by atoms with E-state index >= 15 is 0 Å². The first-order valence-electron chi connectivity index (χ1n) is 5.94. The van der Waals surface area contributed by atoms with E-state index in [9.17, 15) is 4.57 Å². The van der Waals surface area contributed by atoms with E-state index in [1.165, 1.54) is 6.66 Å². The van der Waals surface area contributed by atoms with Crippen LogP contribution in [0.4, 0.5) is 5.69 Å². The number of nitrogens with one attached hydrogen (secondary N) is 1. The van der Waals surface area contributed by atoms with Gasteiger partial charge >= 0.3 is 7.52 Å². The Balaban J connectivity index is 2.17. The van der Waals surface area contributed by atoms with Crippen LogP contribution >= 0.6 is 23.4 Å². The van der Waals surface area contributed by atoms with Crippen molar-refractivity contribution in [2.45, 2.75) is 0 Å². The van der Waals surface area contributed by atoms with Gasteiger partial charge in [-0.1, -0.05) is 34.1 Å². The molecule has 0 aliphatic heterocycles. The van der Waals surface area contributed by atoms with E-state index in [-0.39, 0.29) is 0 Å². The lowest BCUT2D eigenvalue weighted by molar-refractivity contribution is 0.391. The van der Waals surface area contributed by atoms with Gasteiger partial charge in [0.1, 0.15) is 0 Å². The van der Waals surface area contributed by atoms with Gasteiger partial charge in [0.15, 0.2) is 11.5 Å². The fourth-order valence-electron chi connectivity index (χ4n) is 1.70. The highest BCUT2D eigenvalue weighted by Gasteiger charge is 2.19. The Hall–Kier alpha value is -1.45. The molecule has 4 nitrogen and oxygen atoms in total. The monoisotopic (exact) mass is 355 g/mol. The second-order valence-electron chi connectivity index (χ2n) is 4.21. The molecular weight excluding hydrogens is 341 g/mol. The molecular formula is C14H15BrNO3P.